The average molecular weight is 405 g/mol. The SMILES string of the molecule is CCCOc1ccc(C(C)NC(=O)C2CCN(C(=O)C(C)(C)C)CC2)cc1OC. The smallest absolute Gasteiger partial charge is 0.227 e. The molecule has 1 N–H and O–H groups in total. The number of rotatable bonds is 7. The topological polar surface area (TPSA) is 67.9 Å². The van der Waals surface area contributed by atoms with E-state index in [0.29, 0.717) is 44.0 Å². The number of nitrogens with one attached hydrogen (secondary N) is 1. The molecule has 1 aromatic rings. The fourth-order valence-electron chi connectivity index (χ4n) is 3.52. The van der Waals surface area contributed by atoms with Crippen LogP contribution in [-0.2, 0) is 9.59 Å². The maximum atomic E-state index is 12.7. The molecule has 162 valence electrons. The average Bonchev–Trinajstić information content (AvgIpc) is 2.70. The van der Waals surface area contributed by atoms with Crippen LogP contribution in [-0.4, -0.2) is 43.5 Å². The lowest BCUT2D eigenvalue weighted by atomic mass is 9.90. The van der Waals surface area contributed by atoms with E-state index in [-0.39, 0.29) is 29.2 Å². The summed E-state index contributed by atoms with van der Waals surface area (Å²) in [5.74, 6) is 1.53. The van der Waals surface area contributed by atoms with Gasteiger partial charge >= 0.3 is 0 Å². The van der Waals surface area contributed by atoms with Crippen molar-refractivity contribution >= 4 is 11.8 Å². The van der Waals surface area contributed by atoms with Gasteiger partial charge in [0, 0.05) is 24.4 Å². The number of hydrogen-bond donors (Lipinski definition) is 1. The number of hydrogen-bond acceptors (Lipinski definition) is 4. The Bertz CT molecular complexity index is 703. The first-order valence-electron chi connectivity index (χ1n) is 10.6. The molecule has 1 aromatic carbocycles. The molecule has 1 heterocycles. The molecule has 1 atom stereocenters. The van der Waals surface area contributed by atoms with Gasteiger partial charge in [-0.05, 0) is 43.9 Å². The molecule has 6 heteroatoms. The highest BCUT2D eigenvalue weighted by Crippen LogP contribution is 2.31. The number of ether oxygens (including phenoxy) is 2. The molecule has 1 fully saturated rings. The van der Waals surface area contributed by atoms with Crippen molar-refractivity contribution in [2.24, 2.45) is 11.3 Å². The third-order valence-corrected chi connectivity index (χ3v) is 5.30. The number of likely N-dealkylation sites (tertiary alicyclic amines) is 1. The van der Waals surface area contributed by atoms with Gasteiger partial charge in [-0.1, -0.05) is 33.8 Å². The molecule has 0 saturated carbocycles. The first-order valence-corrected chi connectivity index (χ1v) is 10.6. The highest BCUT2D eigenvalue weighted by atomic mass is 16.5. The standard InChI is InChI=1S/C23H36N2O4/c1-7-14-29-19-9-8-18(15-20(19)28-6)16(2)24-21(26)17-10-12-25(13-11-17)22(27)23(3,4)5/h8-9,15-17H,7,10-14H2,1-6H3,(H,24,26). The summed E-state index contributed by atoms with van der Waals surface area (Å²) in [4.78, 5) is 27.0. The van der Waals surface area contributed by atoms with E-state index >= 15 is 0 Å². The molecular weight excluding hydrogens is 368 g/mol. The van der Waals surface area contributed by atoms with Gasteiger partial charge in [0.1, 0.15) is 0 Å². The highest BCUT2D eigenvalue weighted by molar-refractivity contribution is 5.83. The van der Waals surface area contributed by atoms with Gasteiger partial charge in [-0.2, -0.15) is 0 Å². The van der Waals surface area contributed by atoms with Crippen molar-refractivity contribution in [3.05, 3.63) is 23.8 Å². The summed E-state index contributed by atoms with van der Waals surface area (Å²) >= 11 is 0. The van der Waals surface area contributed by atoms with E-state index in [9.17, 15) is 9.59 Å². The minimum absolute atomic E-state index is 0.0469. The molecule has 1 unspecified atom stereocenters. The van der Waals surface area contributed by atoms with Gasteiger partial charge in [0.2, 0.25) is 11.8 Å². The summed E-state index contributed by atoms with van der Waals surface area (Å²) in [6, 6.07) is 5.64. The summed E-state index contributed by atoms with van der Waals surface area (Å²) in [6.45, 7) is 11.7. The third-order valence-electron chi connectivity index (χ3n) is 5.30. The highest BCUT2D eigenvalue weighted by Gasteiger charge is 2.32. The minimum atomic E-state index is -0.379. The molecule has 2 rings (SSSR count). The second-order valence-corrected chi connectivity index (χ2v) is 8.81. The molecule has 1 saturated heterocycles. The fraction of sp³-hybridized carbons (Fsp3) is 0.652. The molecule has 29 heavy (non-hydrogen) atoms. The van der Waals surface area contributed by atoms with Crippen molar-refractivity contribution in [1.29, 1.82) is 0 Å². The minimum Gasteiger partial charge on any atom is -0.493 e. The molecule has 0 aromatic heterocycles. The zero-order valence-corrected chi connectivity index (χ0v) is 18.7. The Balaban J connectivity index is 1.93. The normalized spacial score (nSPS) is 16.3. The second-order valence-electron chi connectivity index (χ2n) is 8.81. The van der Waals surface area contributed by atoms with Gasteiger partial charge in [0.25, 0.3) is 0 Å². The lowest BCUT2D eigenvalue weighted by Crippen LogP contribution is -2.46. The van der Waals surface area contributed by atoms with E-state index in [1.165, 1.54) is 0 Å². The zero-order valence-electron chi connectivity index (χ0n) is 18.7. The Kier molecular flexibility index (Phi) is 7.94. The van der Waals surface area contributed by atoms with Gasteiger partial charge in [0.05, 0.1) is 19.8 Å². The summed E-state index contributed by atoms with van der Waals surface area (Å²) in [5.41, 5.74) is 0.592. The van der Waals surface area contributed by atoms with Crippen LogP contribution in [0.4, 0.5) is 0 Å². The molecular formula is C23H36N2O4. The van der Waals surface area contributed by atoms with Crippen LogP contribution in [0.1, 0.15) is 65.5 Å². The molecule has 6 nitrogen and oxygen atoms in total. The number of amides is 2. The van der Waals surface area contributed by atoms with Crippen LogP contribution in [0.15, 0.2) is 18.2 Å². The molecule has 0 radical (unpaired) electrons. The molecule has 0 spiro atoms. The maximum absolute atomic E-state index is 12.7. The molecule has 0 bridgehead atoms. The van der Waals surface area contributed by atoms with Crippen LogP contribution in [0.3, 0.4) is 0 Å². The van der Waals surface area contributed by atoms with Gasteiger partial charge in [-0.3, -0.25) is 9.59 Å². The van der Waals surface area contributed by atoms with Crippen LogP contribution < -0.4 is 14.8 Å². The first-order chi connectivity index (χ1) is 13.7. The number of benzene rings is 1. The molecule has 1 aliphatic heterocycles. The van der Waals surface area contributed by atoms with E-state index < -0.39 is 0 Å². The summed E-state index contributed by atoms with van der Waals surface area (Å²) in [6.07, 6.45) is 2.33. The Hall–Kier alpha value is -2.24. The monoisotopic (exact) mass is 404 g/mol. The van der Waals surface area contributed by atoms with Gasteiger partial charge in [0.15, 0.2) is 11.5 Å². The van der Waals surface area contributed by atoms with Crippen LogP contribution in [0.25, 0.3) is 0 Å². The Morgan fingerprint density at radius 2 is 1.86 bits per heavy atom. The maximum Gasteiger partial charge on any atom is 0.227 e. The molecule has 0 aliphatic carbocycles. The van der Waals surface area contributed by atoms with E-state index in [2.05, 4.69) is 12.2 Å². The Morgan fingerprint density at radius 3 is 2.41 bits per heavy atom. The third kappa shape index (κ3) is 6.12. The number of piperidine rings is 1. The second kappa shape index (κ2) is 9.99. The number of methoxy groups -OCH3 is 1. The van der Waals surface area contributed by atoms with Crippen molar-refractivity contribution in [1.82, 2.24) is 10.2 Å². The largest absolute Gasteiger partial charge is 0.493 e. The van der Waals surface area contributed by atoms with Crippen LogP contribution in [0, 0.1) is 11.3 Å². The first kappa shape index (κ1) is 23.0. The number of carbonyl (C=O) groups is 2. The lowest BCUT2D eigenvalue weighted by Gasteiger charge is -2.35. The molecule has 1 aliphatic rings. The van der Waals surface area contributed by atoms with Gasteiger partial charge in [-0.25, -0.2) is 0 Å². The number of carbonyl (C=O) groups excluding carboxylic acids is 2. The summed E-state index contributed by atoms with van der Waals surface area (Å²) in [7, 11) is 1.62. The van der Waals surface area contributed by atoms with E-state index in [1.807, 2.05) is 50.8 Å². The van der Waals surface area contributed by atoms with Crippen LogP contribution >= 0.6 is 0 Å². The van der Waals surface area contributed by atoms with Crippen molar-refractivity contribution in [2.75, 3.05) is 26.8 Å². The van der Waals surface area contributed by atoms with Crippen LogP contribution in [0.2, 0.25) is 0 Å². The fourth-order valence-corrected chi connectivity index (χ4v) is 3.52. The Labute approximate surface area is 174 Å². The van der Waals surface area contributed by atoms with Gasteiger partial charge < -0.3 is 19.7 Å². The summed E-state index contributed by atoms with van der Waals surface area (Å²) in [5, 5.41) is 3.12. The predicted molar refractivity (Wildman–Crippen MR) is 114 cm³/mol. The van der Waals surface area contributed by atoms with E-state index in [1.54, 1.807) is 7.11 Å². The quantitative estimate of drug-likeness (QED) is 0.747. The van der Waals surface area contributed by atoms with Crippen molar-refractivity contribution in [3.8, 4) is 11.5 Å². The van der Waals surface area contributed by atoms with Crippen molar-refractivity contribution < 1.29 is 19.1 Å². The lowest BCUT2D eigenvalue weighted by molar-refractivity contribution is -0.142. The summed E-state index contributed by atoms with van der Waals surface area (Å²) < 4.78 is 11.1. The molecule has 2 amide bonds. The zero-order chi connectivity index (χ0) is 21.6. The Morgan fingerprint density at radius 1 is 1.21 bits per heavy atom. The van der Waals surface area contributed by atoms with Crippen molar-refractivity contribution in [3.63, 3.8) is 0 Å². The van der Waals surface area contributed by atoms with Crippen molar-refractivity contribution in [2.45, 2.75) is 59.9 Å². The number of nitrogens with zero attached hydrogens (tertiary/aromatic N) is 1. The van der Waals surface area contributed by atoms with E-state index in [0.717, 1.165) is 12.0 Å². The van der Waals surface area contributed by atoms with Crippen LogP contribution in [0.5, 0.6) is 11.5 Å². The van der Waals surface area contributed by atoms with Gasteiger partial charge in [-0.15, -0.1) is 0 Å². The van der Waals surface area contributed by atoms with E-state index in [4.69, 9.17) is 9.47 Å². The predicted octanol–water partition coefficient (Wildman–Crippen LogP) is 3.95.